The Morgan fingerprint density at radius 1 is 1.43 bits per heavy atom. The Morgan fingerprint density at radius 2 is 2.05 bits per heavy atom. The molecule has 0 spiro atoms. The Labute approximate surface area is 122 Å². The van der Waals surface area contributed by atoms with Crippen molar-refractivity contribution in [2.45, 2.75) is 20.8 Å². The van der Waals surface area contributed by atoms with E-state index in [0.29, 0.717) is 17.7 Å². The van der Waals surface area contributed by atoms with Gasteiger partial charge in [-0.2, -0.15) is 0 Å². The number of nitro groups is 1. The van der Waals surface area contributed by atoms with Gasteiger partial charge < -0.3 is 10.0 Å². The smallest absolute Gasteiger partial charge is 0.308 e. The number of carbonyl (C=O) groups excluding carboxylic acids is 1. The van der Waals surface area contributed by atoms with Crippen LogP contribution < -0.4 is 0 Å². The van der Waals surface area contributed by atoms with Gasteiger partial charge in [-0.15, -0.1) is 0 Å². The highest BCUT2D eigenvalue weighted by atomic mass is 16.6. The summed E-state index contributed by atoms with van der Waals surface area (Å²) < 4.78 is 0. The third-order valence-electron chi connectivity index (χ3n) is 3.24. The Kier molecular flexibility index (Phi) is 5.40. The minimum atomic E-state index is -0.971. The molecule has 0 aliphatic carbocycles. The number of nitro benzene ring substituents is 1. The lowest BCUT2D eigenvalue weighted by Gasteiger charge is -2.23. The maximum atomic E-state index is 12.4. The van der Waals surface area contributed by atoms with E-state index in [2.05, 4.69) is 0 Å². The average molecular weight is 294 g/mol. The van der Waals surface area contributed by atoms with Crippen molar-refractivity contribution in [3.63, 3.8) is 0 Å². The highest BCUT2D eigenvalue weighted by molar-refractivity contribution is 5.96. The Balaban J connectivity index is 3.00. The number of nitrogens with zero attached hydrogens (tertiary/aromatic N) is 2. The van der Waals surface area contributed by atoms with Gasteiger partial charge in [-0.05, 0) is 25.5 Å². The van der Waals surface area contributed by atoms with E-state index in [1.54, 1.807) is 13.8 Å². The predicted octanol–water partition coefficient (Wildman–Crippen LogP) is 2.09. The summed E-state index contributed by atoms with van der Waals surface area (Å²) in [6, 6.07) is 4.01. The number of aliphatic carboxylic acids is 1. The fourth-order valence-electron chi connectivity index (χ4n) is 1.94. The molecule has 0 saturated carbocycles. The molecule has 0 aliphatic heterocycles. The third-order valence-corrected chi connectivity index (χ3v) is 3.24. The maximum Gasteiger partial charge on any atom is 0.308 e. The molecule has 0 saturated heterocycles. The molecule has 0 bridgehead atoms. The Morgan fingerprint density at radius 3 is 2.48 bits per heavy atom. The van der Waals surface area contributed by atoms with E-state index >= 15 is 0 Å². The molecule has 1 N–H and O–H groups in total. The molecule has 7 heteroatoms. The molecule has 1 amide bonds. The van der Waals surface area contributed by atoms with Gasteiger partial charge in [0.2, 0.25) is 0 Å². The lowest BCUT2D eigenvalue weighted by atomic mass is 10.1. The highest BCUT2D eigenvalue weighted by Gasteiger charge is 2.22. The molecule has 1 rings (SSSR count). The SMILES string of the molecule is CCN(CC(C)C(=O)O)C(=O)c1ccc([N+](=O)[O-])cc1C. The van der Waals surface area contributed by atoms with Crippen LogP contribution in [0.2, 0.25) is 0 Å². The second-order valence-corrected chi connectivity index (χ2v) is 4.84. The first kappa shape index (κ1) is 16.6. The fraction of sp³-hybridized carbons (Fsp3) is 0.429. The molecule has 0 heterocycles. The largest absolute Gasteiger partial charge is 0.481 e. The van der Waals surface area contributed by atoms with E-state index in [0.717, 1.165) is 0 Å². The monoisotopic (exact) mass is 294 g/mol. The van der Waals surface area contributed by atoms with Gasteiger partial charge in [0, 0.05) is 30.8 Å². The normalized spacial score (nSPS) is 11.8. The van der Waals surface area contributed by atoms with Gasteiger partial charge in [0.15, 0.2) is 0 Å². The van der Waals surface area contributed by atoms with Crippen molar-refractivity contribution in [1.82, 2.24) is 4.90 Å². The first-order valence-electron chi connectivity index (χ1n) is 6.55. The van der Waals surface area contributed by atoms with Crippen molar-refractivity contribution in [1.29, 1.82) is 0 Å². The fourth-order valence-corrected chi connectivity index (χ4v) is 1.94. The molecule has 1 atom stereocenters. The van der Waals surface area contributed by atoms with E-state index in [9.17, 15) is 19.7 Å². The Hall–Kier alpha value is -2.44. The summed E-state index contributed by atoms with van der Waals surface area (Å²) in [4.78, 5) is 34.9. The summed E-state index contributed by atoms with van der Waals surface area (Å²) in [5.41, 5.74) is 0.765. The van der Waals surface area contributed by atoms with Gasteiger partial charge in [0.25, 0.3) is 11.6 Å². The minimum Gasteiger partial charge on any atom is -0.481 e. The van der Waals surface area contributed by atoms with Crippen LogP contribution in [0.4, 0.5) is 5.69 Å². The molecule has 0 fully saturated rings. The number of benzene rings is 1. The summed E-state index contributed by atoms with van der Waals surface area (Å²) in [6.45, 7) is 5.37. The van der Waals surface area contributed by atoms with Crippen molar-refractivity contribution in [3.8, 4) is 0 Å². The zero-order valence-corrected chi connectivity index (χ0v) is 12.2. The number of hydrogen-bond acceptors (Lipinski definition) is 4. The molecular formula is C14H18N2O5. The second-order valence-electron chi connectivity index (χ2n) is 4.84. The summed E-state index contributed by atoms with van der Waals surface area (Å²) in [5, 5.41) is 19.6. The number of aryl methyl sites for hydroxylation is 1. The van der Waals surface area contributed by atoms with E-state index < -0.39 is 16.8 Å². The summed E-state index contributed by atoms with van der Waals surface area (Å²) in [6.07, 6.45) is 0. The highest BCUT2D eigenvalue weighted by Crippen LogP contribution is 2.19. The first-order chi connectivity index (χ1) is 9.77. The van der Waals surface area contributed by atoms with Gasteiger partial charge in [-0.3, -0.25) is 19.7 Å². The van der Waals surface area contributed by atoms with Gasteiger partial charge in [0.1, 0.15) is 0 Å². The lowest BCUT2D eigenvalue weighted by Crippen LogP contribution is -2.37. The minimum absolute atomic E-state index is 0.0778. The summed E-state index contributed by atoms with van der Waals surface area (Å²) in [7, 11) is 0. The number of hydrogen-bond donors (Lipinski definition) is 1. The van der Waals surface area contributed by atoms with Gasteiger partial charge in [0.05, 0.1) is 10.8 Å². The van der Waals surface area contributed by atoms with Crippen molar-refractivity contribution in [3.05, 3.63) is 39.4 Å². The van der Waals surface area contributed by atoms with Crippen LogP contribution in [0, 0.1) is 23.0 Å². The average Bonchev–Trinajstić information content (AvgIpc) is 2.43. The van der Waals surface area contributed by atoms with Crippen molar-refractivity contribution in [2.24, 2.45) is 5.92 Å². The molecular weight excluding hydrogens is 276 g/mol. The molecule has 0 aliphatic rings. The molecule has 1 unspecified atom stereocenters. The Bertz CT molecular complexity index is 570. The van der Waals surface area contributed by atoms with Gasteiger partial charge in [-0.1, -0.05) is 6.92 Å². The van der Waals surface area contributed by atoms with Gasteiger partial charge in [-0.25, -0.2) is 0 Å². The van der Waals surface area contributed by atoms with Crippen LogP contribution in [0.25, 0.3) is 0 Å². The van der Waals surface area contributed by atoms with Crippen LogP contribution >= 0.6 is 0 Å². The van der Waals surface area contributed by atoms with Crippen LogP contribution in [-0.2, 0) is 4.79 Å². The van der Waals surface area contributed by atoms with Crippen molar-refractivity contribution in [2.75, 3.05) is 13.1 Å². The number of carboxylic acid groups (broad SMARTS) is 1. The molecule has 114 valence electrons. The molecule has 7 nitrogen and oxygen atoms in total. The third kappa shape index (κ3) is 4.01. The number of carbonyl (C=O) groups is 2. The van der Waals surface area contributed by atoms with Crippen LogP contribution in [0.1, 0.15) is 29.8 Å². The molecule has 1 aromatic carbocycles. The van der Waals surface area contributed by atoms with Crippen molar-refractivity contribution >= 4 is 17.6 Å². The molecule has 1 aromatic rings. The number of rotatable bonds is 6. The zero-order valence-electron chi connectivity index (χ0n) is 12.2. The first-order valence-corrected chi connectivity index (χ1v) is 6.55. The number of carboxylic acids is 1. The van der Waals surface area contributed by atoms with Crippen LogP contribution in [0.3, 0.4) is 0 Å². The predicted molar refractivity (Wildman–Crippen MR) is 76.2 cm³/mol. The standard InChI is InChI=1S/C14H18N2O5/c1-4-15(8-10(3)14(18)19)13(17)12-6-5-11(16(20)21)7-9(12)2/h5-7,10H,4,8H2,1-3H3,(H,18,19). The van der Waals surface area contributed by atoms with E-state index in [4.69, 9.17) is 5.11 Å². The number of non-ortho nitro benzene ring substituents is 1. The molecule has 0 radical (unpaired) electrons. The second kappa shape index (κ2) is 6.83. The maximum absolute atomic E-state index is 12.4. The van der Waals surface area contributed by atoms with E-state index in [-0.39, 0.29) is 18.1 Å². The summed E-state index contributed by atoms with van der Waals surface area (Å²) >= 11 is 0. The molecule has 0 aromatic heterocycles. The molecule has 21 heavy (non-hydrogen) atoms. The van der Waals surface area contributed by atoms with Gasteiger partial charge >= 0.3 is 5.97 Å². The topological polar surface area (TPSA) is 101 Å². The lowest BCUT2D eigenvalue weighted by molar-refractivity contribution is -0.384. The quantitative estimate of drug-likeness (QED) is 0.639. The summed E-state index contributed by atoms with van der Waals surface area (Å²) in [5.74, 6) is -1.97. The zero-order chi connectivity index (χ0) is 16.2. The van der Waals surface area contributed by atoms with E-state index in [1.807, 2.05) is 0 Å². The van der Waals surface area contributed by atoms with Crippen molar-refractivity contribution < 1.29 is 19.6 Å². The van der Waals surface area contributed by atoms with E-state index in [1.165, 1.54) is 30.0 Å². The number of amides is 1. The van der Waals surface area contributed by atoms with Crippen LogP contribution in [0.15, 0.2) is 18.2 Å². The van der Waals surface area contributed by atoms with Crippen LogP contribution in [0.5, 0.6) is 0 Å². The van der Waals surface area contributed by atoms with Crippen LogP contribution in [-0.4, -0.2) is 39.9 Å².